The number of hydrogen-bond donors (Lipinski definition) is 1. The van der Waals surface area contributed by atoms with E-state index in [1.54, 1.807) is 0 Å². The van der Waals surface area contributed by atoms with E-state index in [1.807, 2.05) is 25.1 Å². The largest absolute Gasteiger partial charge is 0.468 e. The summed E-state index contributed by atoms with van der Waals surface area (Å²) >= 11 is 0. The van der Waals surface area contributed by atoms with E-state index in [-0.39, 0.29) is 30.8 Å². The van der Waals surface area contributed by atoms with Crippen molar-refractivity contribution in [3.8, 4) is 0 Å². The second kappa shape index (κ2) is 5.65. The Labute approximate surface area is 175 Å². The number of nitrogens with zero attached hydrogens (tertiary/aromatic N) is 1. The molecule has 1 aromatic carbocycles. The average molecular weight is 410 g/mol. The number of carbonyl (C=O) groups is 2. The molecule has 1 aliphatic carbocycles. The van der Waals surface area contributed by atoms with Crippen LogP contribution in [0.1, 0.15) is 32.3 Å². The third-order valence-electron chi connectivity index (χ3n) is 8.44. The number of esters is 2. The van der Waals surface area contributed by atoms with Crippen LogP contribution < -0.4 is 5.32 Å². The van der Waals surface area contributed by atoms with E-state index < -0.39 is 22.5 Å². The van der Waals surface area contributed by atoms with Crippen molar-refractivity contribution in [3.05, 3.63) is 41.5 Å². The fourth-order valence-corrected chi connectivity index (χ4v) is 7.51. The standard InChI is InChI=1S/C23H26N2O5/c1-4-14-11-25-18-9-16(14)21(20(27)28-3,12-29-13(2)26)22-10-19(25)30-23(18,22)24-17-8-6-5-7-15(17)22/h4-8,16,18-19,24H,9-12H2,1-3H3/b14-4-/t16-,18-,19-,21?,22-,23-/m0/s1. The number of piperidine rings is 2. The fraction of sp³-hybridized carbons (Fsp3) is 0.565. The molecule has 6 rings (SSSR count). The lowest BCUT2D eigenvalue weighted by Gasteiger charge is -2.64. The molecule has 1 spiro atoms. The normalized spacial score (nSPS) is 43.3. The Morgan fingerprint density at radius 3 is 2.90 bits per heavy atom. The number of nitrogens with one attached hydrogen (secondary N) is 1. The van der Waals surface area contributed by atoms with Gasteiger partial charge in [0.25, 0.3) is 0 Å². The zero-order valence-electron chi connectivity index (χ0n) is 17.4. The van der Waals surface area contributed by atoms with Gasteiger partial charge in [-0.2, -0.15) is 0 Å². The Bertz CT molecular complexity index is 1010. The molecule has 3 saturated heterocycles. The van der Waals surface area contributed by atoms with Crippen LogP contribution in [0.4, 0.5) is 5.69 Å². The van der Waals surface area contributed by atoms with E-state index in [0.717, 1.165) is 24.2 Å². The van der Waals surface area contributed by atoms with Gasteiger partial charge in [-0.3, -0.25) is 14.5 Å². The summed E-state index contributed by atoms with van der Waals surface area (Å²) in [6, 6.07) is 8.28. The van der Waals surface area contributed by atoms with E-state index in [0.29, 0.717) is 6.42 Å². The minimum Gasteiger partial charge on any atom is -0.468 e. The smallest absolute Gasteiger partial charge is 0.317 e. The molecule has 4 heterocycles. The van der Waals surface area contributed by atoms with Gasteiger partial charge in [-0.05, 0) is 25.0 Å². The topological polar surface area (TPSA) is 77.1 Å². The number of para-hydroxylation sites is 1. The molecule has 5 aliphatic rings. The van der Waals surface area contributed by atoms with Gasteiger partial charge < -0.3 is 19.5 Å². The van der Waals surface area contributed by atoms with Crippen molar-refractivity contribution in [1.29, 1.82) is 0 Å². The van der Waals surface area contributed by atoms with Crippen molar-refractivity contribution in [2.24, 2.45) is 11.3 Å². The molecule has 0 amide bonds. The second-order valence-corrected chi connectivity index (χ2v) is 9.17. The lowest BCUT2D eigenvalue weighted by atomic mass is 9.42. The highest BCUT2D eigenvalue weighted by Crippen LogP contribution is 2.76. The minimum atomic E-state index is -1.06. The zero-order valence-corrected chi connectivity index (χ0v) is 17.4. The highest BCUT2D eigenvalue weighted by atomic mass is 16.6. The molecule has 1 aromatic rings. The summed E-state index contributed by atoms with van der Waals surface area (Å²) < 4.78 is 17.9. The molecule has 4 aliphatic heterocycles. The summed E-state index contributed by atoms with van der Waals surface area (Å²) in [6.07, 6.45) is 3.45. The number of anilines is 1. The van der Waals surface area contributed by atoms with Gasteiger partial charge in [-0.1, -0.05) is 29.8 Å². The van der Waals surface area contributed by atoms with Crippen LogP contribution in [0.5, 0.6) is 0 Å². The second-order valence-electron chi connectivity index (χ2n) is 9.17. The molecule has 0 aromatic heterocycles. The maximum absolute atomic E-state index is 13.8. The number of allylic oxidation sites excluding steroid dienone is 1. The van der Waals surface area contributed by atoms with Crippen molar-refractivity contribution >= 4 is 17.6 Å². The number of ether oxygens (including phenoxy) is 3. The van der Waals surface area contributed by atoms with Gasteiger partial charge >= 0.3 is 11.9 Å². The first-order valence-corrected chi connectivity index (χ1v) is 10.6. The molecule has 4 bridgehead atoms. The van der Waals surface area contributed by atoms with Crippen LogP contribution in [-0.2, 0) is 29.2 Å². The summed E-state index contributed by atoms with van der Waals surface area (Å²) in [4.78, 5) is 28.2. The first-order chi connectivity index (χ1) is 14.4. The first-order valence-electron chi connectivity index (χ1n) is 10.6. The Morgan fingerprint density at radius 1 is 1.37 bits per heavy atom. The van der Waals surface area contributed by atoms with Crippen molar-refractivity contribution < 1.29 is 23.8 Å². The molecule has 1 saturated carbocycles. The van der Waals surface area contributed by atoms with Gasteiger partial charge in [0.2, 0.25) is 0 Å². The monoisotopic (exact) mass is 410 g/mol. The predicted molar refractivity (Wildman–Crippen MR) is 107 cm³/mol. The van der Waals surface area contributed by atoms with E-state index >= 15 is 0 Å². The van der Waals surface area contributed by atoms with Crippen LogP contribution in [-0.4, -0.2) is 55.1 Å². The molecule has 1 N–H and O–H groups in total. The maximum atomic E-state index is 13.8. The lowest BCUT2D eigenvalue weighted by Crippen LogP contribution is -2.78. The van der Waals surface area contributed by atoms with Gasteiger partial charge in [-0.25, -0.2) is 0 Å². The molecular weight excluding hydrogens is 384 g/mol. The van der Waals surface area contributed by atoms with Crippen LogP contribution in [0.2, 0.25) is 0 Å². The van der Waals surface area contributed by atoms with Crippen LogP contribution in [0.3, 0.4) is 0 Å². The fourth-order valence-electron chi connectivity index (χ4n) is 7.51. The SMILES string of the molecule is C/C=C1/CN2[C@@H]3C[C@@]45c6ccccc6N[C@]4(O3)[C@@H]2C[C@@H]1C5(COC(C)=O)C(=O)OC. The Morgan fingerprint density at radius 2 is 2.17 bits per heavy atom. The van der Waals surface area contributed by atoms with Gasteiger partial charge in [0.1, 0.15) is 18.2 Å². The molecule has 6 atom stereocenters. The molecule has 158 valence electrons. The highest BCUT2D eigenvalue weighted by Gasteiger charge is 2.87. The molecule has 0 radical (unpaired) electrons. The Hall–Kier alpha value is -2.38. The van der Waals surface area contributed by atoms with Crippen molar-refractivity contribution in [2.75, 3.05) is 25.6 Å². The molecular formula is C23H26N2O5. The number of carbonyl (C=O) groups excluding carboxylic acids is 2. The molecule has 7 heteroatoms. The molecule has 30 heavy (non-hydrogen) atoms. The van der Waals surface area contributed by atoms with E-state index in [2.05, 4.69) is 22.4 Å². The Balaban J connectivity index is 1.69. The summed E-state index contributed by atoms with van der Waals surface area (Å²) in [5.74, 6) is -0.804. The number of methoxy groups -OCH3 is 1. The van der Waals surface area contributed by atoms with Crippen LogP contribution in [0, 0.1) is 11.3 Å². The average Bonchev–Trinajstić information content (AvgIpc) is 3.35. The van der Waals surface area contributed by atoms with Gasteiger partial charge in [-0.15, -0.1) is 0 Å². The number of benzene rings is 1. The third-order valence-corrected chi connectivity index (χ3v) is 8.44. The van der Waals surface area contributed by atoms with Gasteiger partial charge in [0, 0.05) is 31.5 Å². The molecule has 4 fully saturated rings. The van der Waals surface area contributed by atoms with Crippen LogP contribution in [0.25, 0.3) is 0 Å². The number of hydrogen-bond acceptors (Lipinski definition) is 7. The highest BCUT2D eigenvalue weighted by molar-refractivity contribution is 5.86. The maximum Gasteiger partial charge on any atom is 0.317 e. The Kier molecular flexibility index (Phi) is 3.46. The van der Waals surface area contributed by atoms with Gasteiger partial charge in [0.05, 0.1) is 18.6 Å². The quantitative estimate of drug-likeness (QED) is 0.605. The van der Waals surface area contributed by atoms with Gasteiger partial charge in [0.15, 0.2) is 5.72 Å². The summed E-state index contributed by atoms with van der Waals surface area (Å²) in [7, 11) is 1.43. The summed E-state index contributed by atoms with van der Waals surface area (Å²) in [5.41, 5.74) is 0.775. The molecule has 7 nitrogen and oxygen atoms in total. The third kappa shape index (κ3) is 1.70. The van der Waals surface area contributed by atoms with Crippen LogP contribution in [0.15, 0.2) is 35.9 Å². The minimum absolute atomic E-state index is 0.0163. The van der Waals surface area contributed by atoms with E-state index in [1.165, 1.54) is 19.6 Å². The lowest BCUT2D eigenvalue weighted by molar-refractivity contribution is -0.196. The number of fused-ring (bicyclic) bond motifs is 4. The summed E-state index contributed by atoms with van der Waals surface area (Å²) in [6.45, 7) is 4.15. The van der Waals surface area contributed by atoms with E-state index in [4.69, 9.17) is 14.2 Å². The molecule has 1 unspecified atom stereocenters. The predicted octanol–water partition coefficient (Wildman–Crippen LogP) is 2.18. The zero-order chi connectivity index (χ0) is 20.9. The van der Waals surface area contributed by atoms with Crippen LogP contribution >= 0.6 is 0 Å². The van der Waals surface area contributed by atoms with Crippen molar-refractivity contribution in [1.82, 2.24) is 4.90 Å². The van der Waals surface area contributed by atoms with Crippen molar-refractivity contribution in [2.45, 2.75) is 50.1 Å². The van der Waals surface area contributed by atoms with Crippen molar-refractivity contribution in [3.63, 3.8) is 0 Å². The number of rotatable bonds is 3. The van der Waals surface area contributed by atoms with E-state index in [9.17, 15) is 9.59 Å². The summed E-state index contributed by atoms with van der Waals surface area (Å²) in [5, 5.41) is 3.70. The first kappa shape index (κ1) is 18.4.